The maximum atomic E-state index is 12.8. The van der Waals surface area contributed by atoms with Crippen LogP contribution in [0.3, 0.4) is 0 Å². The largest absolute Gasteiger partial charge is 0.486 e. The average molecular weight is 385 g/mol. The lowest BCUT2D eigenvalue weighted by Crippen LogP contribution is -2.34. The van der Waals surface area contributed by atoms with Gasteiger partial charge in [-0.3, -0.25) is 0 Å². The van der Waals surface area contributed by atoms with Gasteiger partial charge in [-0.15, -0.1) is 0 Å². The number of hydrogen-bond acceptors (Lipinski definition) is 4. The van der Waals surface area contributed by atoms with Crippen LogP contribution in [-0.4, -0.2) is 32.2 Å². The number of sulfonamides is 1. The van der Waals surface area contributed by atoms with E-state index in [1.54, 1.807) is 6.07 Å². The Morgan fingerprint density at radius 1 is 1.28 bits per heavy atom. The summed E-state index contributed by atoms with van der Waals surface area (Å²) in [6, 6.07) is 6.87. The second-order valence-corrected chi connectivity index (χ2v) is 8.13. The van der Waals surface area contributed by atoms with Crippen LogP contribution in [0.4, 0.5) is 0 Å². The molecular formula is C17H21ClN2O4S. The first-order valence-corrected chi connectivity index (χ1v) is 9.95. The van der Waals surface area contributed by atoms with E-state index in [1.165, 1.54) is 6.07 Å². The third-order valence-corrected chi connectivity index (χ3v) is 6.21. The van der Waals surface area contributed by atoms with Gasteiger partial charge in [0.05, 0.1) is 5.02 Å². The van der Waals surface area contributed by atoms with Gasteiger partial charge in [0, 0.05) is 25.0 Å². The van der Waals surface area contributed by atoms with E-state index >= 15 is 0 Å². The van der Waals surface area contributed by atoms with Crippen molar-refractivity contribution < 1.29 is 17.9 Å². The normalized spacial score (nSPS) is 15.2. The maximum Gasteiger partial charge on any atom is 0.246 e. The van der Waals surface area contributed by atoms with Crippen LogP contribution in [0.5, 0.6) is 11.5 Å². The minimum absolute atomic E-state index is 0.0583. The molecule has 1 aliphatic heterocycles. The summed E-state index contributed by atoms with van der Waals surface area (Å²) >= 11 is 6.15. The van der Waals surface area contributed by atoms with E-state index in [-0.39, 0.29) is 21.7 Å². The van der Waals surface area contributed by atoms with Gasteiger partial charge in [0.15, 0.2) is 11.5 Å². The van der Waals surface area contributed by atoms with Crippen molar-refractivity contribution in [1.82, 2.24) is 9.29 Å². The standard InChI is InChI=1S/C17H21ClN2O4S/c1-12(5-6-13-4-3-9-20(13)2)19-25(21,22)17-14(18)7-8-15-16(17)24-11-10-23-15/h3-4,7-9,12,19H,5-6,10-11H2,1-2H3. The first-order valence-electron chi connectivity index (χ1n) is 8.09. The molecule has 0 amide bonds. The van der Waals surface area contributed by atoms with E-state index in [1.807, 2.05) is 36.9 Å². The molecule has 1 aromatic heterocycles. The summed E-state index contributed by atoms with van der Waals surface area (Å²) in [5, 5.41) is 0.117. The molecule has 8 heteroatoms. The molecule has 0 saturated carbocycles. The Balaban J connectivity index is 1.77. The highest BCUT2D eigenvalue weighted by Crippen LogP contribution is 2.40. The zero-order chi connectivity index (χ0) is 18.0. The van der Waals surface area contributed by atoms with E-state index < -0.39 is 10.0 Å². The Kier molecular flexibility index (Phi) is 5.27. The van der Waals surface area contributed by atoms with Crippen molar-refractivity contribution >= 4 is 21.6 Å². The van der Waals surface area contributed by atoms with Crippen molar-refractivity contribution in [3.63, 3.8) is 0 Å². The fourth-order valence-corrected chi connectivity index (χ4v) is 4.77. The Morgan fingerprint density at radius 3 is 2.76 bits per heavy atom. The van der Waals surface area contributed by atoms with Crippen LogP contribution in [0.1, 0.15) is 19.0 Å². The minimum atomic E-state index is -3.83. The van der Waals surface area contributed by atoms with E-state index in [0.29, 0.717) is 25.4 Å². The van der Waals surface area contributed by atoms with Gasteiger partial charge >= 0.3 is 0 Å². The van der Waals surface area contributed by atoms with Crippen molar-refractivity contribution in [1.29, 1.82) is 0 Å². The SMILES string of the molecule is CC(CCc1cccn1C)NS(=O)(=O)c1c(Cl)ccc2c1OCCO2. The lowest BCUT2D eigenvalue weighted by molar-refractivity contribution is 0.167. The predicted octanol–water partition coefficient (Wildman–Crippen LogP) is 2.75. The average Bonchev–Trinajstić information content (AvgIpc) is 2.97. The number of halogens is 1. The summed E-state index contributed by atoms with van der Waals surface area (Å²) in [4.78, 5) is -0.0583. The van der Waals surface area contributed by atoms with Gasteiger partial charge < -0.3 is 14.0 Å². The Morgan fingerprint density at radius 2 is 2.04 bits per heavy atom. The molecule has 1 aliphatic rings. The van der Waals surface area contributed by atoms with Gasteiger partial charge in [-0.2, -0.15) is 0 Å². The number of ether oxygens (including phenoxy) is 2. The summed E-state index contributed by atoms with van der Waals surface area (Å²) in [6.07, 6.45) is 3.41. The highest BCUT2D eigenvalue weighted by Gasteiger charge is 2.29. The van der Waals surface area contributed by atoms with E-state index in [2.05, 4.69) is 4.72 Å². The molecule has 1 aromatic carbocycles. The van der Waals surface area contributed by atoms with Crippen molar-refractivity contribution in [2.24, 2.45) is 7.05 Å². The summed E-state index contributed by atoms with van der Waals surface area (Å²) in [7, 11) is -1.86. The molecule has 0 aliphatic carbocycles. The third kappa shape index (κ3) is 3.94. The number of benzene rings is 1. The van der Waals surface area contributed by atoms with Crippen molar-refractivity contribution in [3.05, 3.63) is 41.2 Å². The highest BCUT2D eigenvalue weighted by atomic mass is 35.5. The highest BCUT2D eigenvalue weighted by molar-refractivity contribution is 7.89. The molecule has 1 unspecified atom stereocenters. The number of aromatic nitrogens is 1. The van der Waals surface area contributed by atoms with Crippen LogP contribution in [0, 0.1) is 0 Å². The topological polar surface area (TPSA) is 69.6 Å². The van der Waals surface area contributed by atoms with Crippen molar-refractivity contribution in [3.8, 4) is 11.5 Å². The molecule has 0 bridgehead atoms. The zero-order valence-electron chi connectivity index (χ0n) is 14.2. The molecule has 25 heavy (non-hydrogen) atoms. The van der Waals surface area contributed by atoms with E-state index in [4.69, 9.17) is 21.1 Å². The number of nitrogens with zero attached hydrogens (tertiary/aromatic N) is 1. The van der Waals surface area contributed by atoms with E-state index in [9.17, 15) is 8.42 Å². The second-order valence-electron chi connectivity index (χ2n) is 6.07. The summed E-state index contributed by atoms with van der Waals surface area (Å²) in [6.45, 7) is 2.51. The lowest BCUT2D eigenvalue weighted by Gasteiger charge is -2.23. The molecule has 2 aromatic rings. The van der Waals surface area contributed by atoms with Crippen LogP contribution >= 0.6 is 11.6 Å². The number of fused-ring (bicyclic) bond motifs is 1. The van der Waals surface area contributed by atoms with Crippen LogP contribution in [0.15, 0.2) is 35.4 Å². The van der Waals surface area contributed by atoms with Gasteiger partial charge in [-0.25, -0.2) is 13.1 Å². The van der Waals surface area contributed by atoms with Crippen LogP contribution in [-0.2, 0) is 23.5 Å². The number of aryl methyl sites for hydroxylation is 2. The van der Waals surface area contributed by atoms with Crippen molar-refractivity contribution in [2.45, 2.75) is 30.7 Å². The maximum absolute atomic E-state index is 12.8. The molecule has 0 saturated heterocycles. The molecule has 1 atom stereocenters. The zero-order valence-corrected chi connectivity index (χ0v) is 15.7. The molecule has 2 heterocycles. The molecule has 1 N–H and O–H groups in total. The van der Waals surface area contributed by atoms with Gasteiger partial charge in [-0.1, -0.05) is 11.6 Å². The second kappa shape index (κ2) is 7.27. The molecule has 0 radical (unpaired) electrons. The molecule has 136 valence electrons. The monoisotopic (exact) mass is 384 g/mol. The number of nitrogens with one attached hydrogen (secondary N) is 1. The summed E-state index contributed by atoms with van der Waals surface area (Å²) in [5.74, 6) is 0.577. The molecule has 0 spiro atoms. The first-order chi connectivity index (χ1) is 11.9. The predicted molar refractivity (Wildman–Crippen MR) is 96.0 cm³/mol. The minimum Gasteiger partial charge on any atom is -0.486 e. The lowest BCUT2D eigenvalue weighted by atomic mass is 10.1. The van der Waals surface area contributed by atoms with Gasteiger partial charge in [0.2, 0.25) is 10.0 Å². The van der Waals surface area contributed by atoms with Crippen molar-refractivity contribution in [2.75, 3.05) is 13.2 Å². The summed E-state index contributed by atoms with van der Waals surface area (Å²) < 4.78 is 41.3. The molecule has 3 rings (SSSR count). The molecule has 6 nitrogen and oxygen atoms in total. The number of rotatable bonds is 6. The molecule has 0 fully saturated rings. The molecular weight excluding hydrogens is 364 g/mol. The Labute approximate surface area is 152 Å². The Hall–Kier alpha value is -1.70. The Bertz CT molecular complexity index is 864. The van der Waals surface area contributed by atoms with Gasteiger partial charge in [0.25, 0.3) is 0 Å². The quantitative estimate of drug-likeness (QED) is 0.831. The van der Waals surface area contributed by atoms with Gasteiger partial charge in [0.1, 0.15) is 18.1 Å². The smallest absolute Gasteiger partial charge is 0.246 e. The first kappa shape index (κ1) is 18.1. The summed E-state index contributed by atoms with van der Waals surface area (Å²) in [5.41, 5.74) is 1.15. The van der Waals surface area contributed by atoms with Gasteiger partial charge in [-0.05, 0) is 44.0 Å². The fourth-order valence-electron chi connectivity index (χ4n) is 2.82. The number of hydrogen-bond donors (Lipinski definition) is 1. The fraction of sp³-hybridized carbons (Fsp3) is 0.412. The van der Waals surface area contributed by atoms with Crippen LogP contribution < -0.4 is 14.2 Å². The van der Waals surface area contributed by atoms with E-state index in [0.717, 1.165) is 12.1 Å². The third-order valence-electron chi connectivity index (χ3n) is 4.13. The van der Waals surface area contributed by atoms with Crippen LogP contribution in [0.2, 0.25) is 5.02 Å². The van der Waals surface area contributed by atoms with Crippen LogP contribution in [0.25, 0.3) is 0 Å².